The quantitative estimate of drug-likeness (QED) is 0.785. The molecule has 17 heavy (non-hydrogen) atoms. The molecule has 6 heteroatoms. The third-order valence-electron chi connectivity index (χ3n) is 2.58. The summed E-state index contributed by atoms with van der Waals surface area (Å²) in [7, 11) is 3.54. The van der Waals surface area contributed by atoms with E-state index in [0.717, 1.165) is 0 Å². The van der Waals surface area contributed by atoms with Crippen molar-refractivity contribution in [2.75, 3.05) is 20.8 Å². The molecule has 1 heterocycles. The van der Waals surface area contributed by atoms with Crippen molar-refractivity contribution in [3.63, 3.8) is 0 Å². The van der Waals surface area contributed by atoms with Gasteiger partial charge in [-0.3, -0.25) is 4.90 Å². The molecular weight excluding hydrogens is 222 g/mol. The van der Waals surface area contributed by atoms with Crippen LogP contribution in [0, 0.1) is 0 Å². The number of nitrogens with zero attached hydrogens (tertiary/aromatic N) is 3. The van der Waals surface area contributed by atoms with E-state index in [4.69, 9.17) is 9.84 Å². The van der Waals surface area contributed by atoms with Crippen LogP contribution in [0.5, 0.6) is 0 Å². The second-order valence-corrected chi connectivity index (χ2v) is 3.91. The number of rotatable bonds is 6. The van der Waals surface area contributed by atoms with E-state index in [-0.39, 0.29) is 11.6 Å². The normalized spacial score (nSPS) is 12.7. The van der Waals surface area contributed by atoms with Crippen molar-refractivity contribution < 1.29 is 14.6 Å². The fourth-order valence-electron chi connectivity index (χ4n) is 1.42. The third kappa shape index (κ3) is 3.76. The number of likely N-dealkylation sites (N-methyl/N-ethyl adjacent to an activating group) is 1. The molecule has 0 bridgehead atoms. The van der Waals surface area contributed by atoms with Crippen molar-refractivity contribution in [1.29, 1.82) is 0 Å². The number of methoxy groups -OCH3 is 1. The number of hydrogen-bond acceptors (Lipinski definition) is 5. The molecule has 94 valence electrons. The van der Waals surface area contributed by atoms with Crippen LogP contribution in [0.4, 0.5) is 0 Å². The summed E-state index contributed by atoms with van der Waals surface area (Å²) in [5.74, 6) is -1.01. The Morgan fingerprint density at radius 2 is 2.35 bits per heavy atom. The number of aromatic nitrogens is 2. The van der Waals surface area contributed by atoms with Crippen molar-refractivity contribution in [2.45, 2.75) is 19.5 Å². The van der Waals surface area contributed by atoms with E-state index in [1.165, 1.54) is 12.5 Å². The van der Waals surface area contributed by atoms with Gasteiger partial charge in [-0.05, 0) is 14.0 Å². The maximum absolute atomic E-state index is 11.0. The monoisotopic (exact) mass is 239 g/mol. The highest BCUT2D eigenvalue weighted by Crippen LogP contribution is 2.08. The zero-order valence-corrected chi connectivity index (χ0v) is 10.3. The van der Waals surface area contributed by atoms with E-state index in [2.05, 4.69) is 9.97 Å². The first-order chi connectivity index (χ1) is 8.06. The lowest BCUT2D eigenvalue weighted by Gasteiger charge is -2.23. The number of hydrogen-bond donors (Lipinski definition) is 1. The zero-order valence-electron chi connectivity index (χ0n) is 10.3. The molecule has 1 aromatic rings. The molecule has 1 unspecified atom stereocenters. The van der Waals surface area contributed by atoms with E-state index >= 15 is 0 Å². The van der Waals surface area contributed by atoms with Gasteiger partial charge in [0.25, 0.3) is 0 Å². The van der Waals surface area contributed by atoms with Crippen LogP contribution in [0.3, 0.4) is 0 Å². The Morgan fingerprint density at radius 1 is 1.65 bits per heavy atom. The van der Waals surface area contributed by atoms with Crippen molar-refractivity contribution in [1.82, 2.24) is 14.9 Å². The summed E-state index contributed by atoms with van der Waals surface area (Å²) < 4.78 is 5.05. The average Bonchev–Trinajstić information content (AvgIpc) is 2.29. The molecule has 0 saturated heterocycles. The summed E-state index contributed by atoms with van der Waals surface area (Å²) >= 11 is 0. The van der Waals surface area contributed by atoms with Crippen LogP contribution in [-0.2, 0) is 11.3 Å². The first kappa shape index (κ1) is 13.5. The lowest BCUT2D eigenvalue weighted by atomic mass is 10.2. The smallest absolute Gasteiger partial charge is 0.339 e. The summed E-state index contributed by atoms with van der Waals surface area (Å²) in [6.45, 7) is 3.05. The van der Waals surface area contributed by atoms with Crippen LogP contribution in [0.25, 0.3) is 0 Å². The van der Waals surface area contributed by atoms with E-state index in [0.29, 0.717) is 18.8 Å². The molecule has 1 N–H and O–H groups in total. The molecule has 1 aromatic heterocycles. The molecule has 0 saturated carbocycles. The van der Waals surface area contributed by atoms with Gasteiger partial charge in [-0.25, -0.2) is 14.8 Å². The number of ether oxygens (including phenoxy) is 1. The number of carbonyl (C=O) groups is 1. The van der Waals surface area contributed by atoms with Gasteiger partial charge in [0, 0.05) is 25.9 Å². The highest BCUT2D eigenvalue weighted by Gasteiger charge is 2.15. The Morgan fingerprint density at radius 3 is 2.94 bits per heavy atom. The minimum Gasteiger partial charge on any atom is -0.478 e. The molecule has 0 aromatic carbocycles. The Labute approximate surface area is 100 Å². The Bertz CT molecular complexity index is 384. The molecule has 0 aliphatic carbocycles. The average molecular weight is 239 g/mol. The van der Waals surface area contributed by atoms with Crippen molar-refractivity contribution in [3.05, 3.63) is 23.8 Å². The fraction of sp³-hybridized carbons (Fsp3) is 0.545. The zero-order chi connectivity index (χ0) is 12.8. The minimum absolute atomic E-state index is 0.143. The first-order valence-corrected chi connectivity index (χ1v) is 5.27. The molecule has 1 atom stereocenters. The Kier molecular flexibility index (Phi) is 4.99. The predicted octanol–water partition coefficient (Wildman–Crippen LogP) is 0.642. The minimum atomic E-state index is -1.01. The van der Waals surface area contributed by atoms with E-state index in [9.17, 15) is 4.79 Å². The van der Waals surface area contributed by atoms with Gasteiger partial charge < -0.3 is 9.84 Å². The molecule has 1 rings (SSSR count). The highest BCUT2D eigenvalue weighted by atomic mass is 16.5. The SMILES string of the molecule is COCC(C)N(C)Cc1ncncc1C(=O)O. The fourth-order valence-corrected chi connectivity index (χ4v) is 1.42. The second-order valence-electron chi connectivity index (χ2n) is 3.91. The van der Waals surface area contributed by atoms with Crippen LogP contribution in [0.1, 0.15) is 23.0 Å². The highest BCUT2D eigenvalue weighted by molar-refractivity contribution is 5.88. The van der Waals surface area contributed by atoms with Gasteiger partial charge in [-0.15, -0.1) is 0 Å². The van der Waals surface area contributed by atoms with E-state index in [1.54, 1.807) is 7.11 Å². The van der Waals surface area contributed by atoms with Gasteiger partial charge in [-0.2, -0.15) is 0 Å². The summed E-state index contributed by atoms with van der Waals surface area (Å²) in [4.78, 5) is 20.7. The van der Waals surface area contributed by atoms with E-state index in [1.807, 2.05) is 18.9 Å². The lowest BCUT2D eigenvalue weighted by Crippen LogP contribution is -2.33. The summed E-state index contributed by atoms with van der Waals surface area (Å²) in [5.41, 5.74) is 0.655. The molecule has 0 radical (unpaired) electrons. The van der Waals surface area contributed by atoms with Crippen molar-refractivity contribution in [3.8, 4) is 0 Å². The molecular formula is C11H17N3O3. The molecule has 0 fully saturated rings. The molecule has 0 spiro atoms. The van der Waals surface area contributed by atoms with Crippen molar-refractivity contribution in [2.24, 2.45) is 0 Å². The number of aromatic carboxylic acids is 1. The predicted molar refractivity (Wildman–Crippen MR) is 61.8 cm³/mol. The van der Waals surface area contributed by atoms with Crippen LogP contribution in [-0.4, -0.2) is 52.7 Å². The molecule has 6 nitrogen and oxygen atoms in total. The topological polar surface area (TPSA) is 75.5 Å². The first-order valence-electron chi connectivity index (χ1n) is 5.27. The van der Waals surface area contributed by atoms with Gasteiger partial charge in [0.05, 0.1) is 12.3 Å². The van der Waals surface area contributed by atoms with Gasteiger partial charge in [0.15, 0.2) is 0 Å². The van der Waals surface area contributed by atoms with Crippen molar-refractivity contribution >= 4 is 5.97 Å². The van der Waals surface area contributed by atoms with Gasteiger partial charge in [0.1, 0.15) is 11.9 Å². The maximum atomic E-state index is 11.0. The van der Waals surface area contributed by atoms with Gasteiger partial charge in [0.2, 0.25) is 0 Å². The van der Waals surface area contributed by atoms with E-state index < -0.39 is 5.97 Å². The second kappa shape index (κ2) is 6.27. The Hall–Kier alpha value is -1.53. The number of carboxylic acids is 1. The summed E-state index contributed by atoms with van der Waals surface area (Å²) in [5, 5.41) is 9.00. The van der Waals surface area contributed by atoms with Crippen LogP contribution < -0.4 is 0 Å². The lowest BCUT2D eigenvalue weighted by molar-refractivity contribution is 0.0691. The van der Waals surface area contributed by atoms with Gasteiger partial charge >= 0.3 is 5.97 Å². The Balaban J connectivity index is 2.77. The molecule has 0 aliphatic rings. The molecule has 0 amide bonds. The summed E-state index contributed by atoms with van der Waals surface area (Å²) in [6, 6.07) is 0.191. The third-order valence-corrected chi connectivity index (χ3v) is 2.58. The number of carboxylic acid groups (broad SMARTS) is 1. The molecule has 0 aliphatic heterocycles. The van der Waals surface area contributed by atoms with Crippen LogP contribution in [0.2, 0.25) is 0 Å². The van der Waals surface area contributed by atoms with Crippen LogP contribution >= 0.6 is 0 Å². The van der Waals surface area contributed by atoms with Crippen LogP contribution in [0.15, 0.2) is 12.5 Å². The standard InChI is InChI=1S/C11H17N3O3/c1-8(6-17-3)14(2)5-10-9(11(15)16)4-12-7-13-10/h4,7-8H,5-6H2,1-3H3,(H,15,16). The summed E-state index contributed by atoms with van der Waals surface area (Å²) in [6.07, 6.45) is 2.68. The maximum Gasteiger partial charge on any atom is 0.339 e. The largest absolute Gasteiger partial charge is 0.478 e. The van der Waals surface area contributed by atoms with Gasteiger partial charge in [-0.1, -0.05) is 0 Å².